The highest BCUT2D eigenvalue weighted by Gasteiger charge is 2.09. The lowest BCUT2D eigenvalue weighted by molar-refractivity contribution is 0.267. The first-order chi connectivity index (χ1) is 10.0. The molecule has 0 spiro atoms. The molecule has 0 radical (unpaired) electrons. The third kappa shape index (κ3) is 4.11. The number of hydrogen-bond acceptors (Lipinski definition) is 3. The summed E-state index contributed by atoms with van der Waals surface area (Å²) in [5.74, 6) is 2.69. The zero-order valence-corrected chi connectivity index (χ0v) is 14.6. The van der Waals surface area contributed by atoms with E-state index in [-0.39, 0.29) is 0 Å². The Morgan fingerprint density at radius 2 is 1.81 bits per heavy atom. The SMILES string of the molecule is CCNCc1cc(COc2cc(C)c(Br)c(C)c2)oc1C. The minimum absolute atomic E-state index is 0.452. The van der Waals surface area contributed by atoms with Crippen LogP contribution in [-0.2, 0) is 13.2 Å². The van der Waals surface area contributed by atoms with Crippen molar-refractivity contribution >= 4 is 15.9 Å². The summed E-state index contributed by atoms with van der Waals surface area (Å²) in [4.78, 5) is 0. The topological polar surface area (TPSA) is 34.4 Å². The maximum absolute atomic E-state index is 5.85. The molecule has 2 aromatic rings. The van der Waals surface area contributed by atoms with Crippen LogP contribution in [0.25, 0.3) is 0 Å². The first-order valence-electron chi connectivity index (χ1n) is 7.19. The normalized spacial score (nSPS) is 10.9. The van der Waals surface area contributed by atoms with Crippen molar-refractivity contribution in [3.63, 3.8) is 0 Å². The summed E-state index contributed by atoms with van der Waals surface area (Å²) in [6.07, 6.45) is 0. The quantitative estimate of drug-likeness (QED) is 0.821. The van der Waals surface area contributed by atoms with Crippen molar-refractivity contribution in [2.45, 2.75) is 40.8 Å². The molecule has 1 N–H and O–H groups in total. The predicted octanol–water partition coefficient (Wildman–Crippen LogP) is 4.66. The van der Waals surface area contributed by atoms with Gasteiger partial charge < -0.3 is 14.5 Å². The van der Waals surface area contributed by atoms with Crippen LogP contribution in [0.1, 0.15) is 35.1 Å². The Hall–Kier alpha value is -1.26. The maximum atomic E-state index is 5.85. The van der Waals surface area contributed by atoms with Crippen molar-refractivity contribution in [3.05, 3.63) is 50.9 Å². The molecule has 21 heavy (non-hydrogen) atoms. The smallest absolute Gasteiger partial charge is 0.146 e. The van der Waals surface area contributed by atoms with Crippen molar-refractivity contribution in [2.75, 3.05) is 6.54 Å². The molecule has 0 saturated heterocycles. The van der Waals surface area contributed by atoms with E-state index in [0.29, 0.717) is 6.61 Å². The fourth-order valence-electron chi connectivity index (χ4n) is 2.24. The van der Waals surface area contributed by atoms with Crippen molar-refractivity contribution in [2.24, 2.45) is 0 Å². The fraction of sp³-hybridized carbons (Fsp3) is 0.412. The summed E-state index contributed by atoms with van der Waals surface area (Å²) in [5.41, 5.74) is 3.54. The van der Waals surface area contributed by atoms with Crippen LogP contribution in [0.4, 0.5) is 0 Å². The lowest BCUT2D eigenvalue weighted by Crippen LogP contribution is -2.11. The van der Waals surface area contributed by atoms with Gasteiger partial charge in [0.25, 0.3) is 0 Å². The van der Waals surface area contributed by atoms with Gasteiger partial charge in [-0.15, -0.1) is 0 Å². The molecule has 0 amide bonds. The number of ether oxygens (including phenoxy) is 1. The van der Waals surface area contributed by atoms with Crippen molar-refractivity contribution in [1.82, 2.24) is 5.32 Å². The Morgan fingerprint density at radius 3 is 2.43 bits per heavy atom. The summed E-state index contributed by atoms with van der Waals surface area (Å²) in [6.45, 7) is 10.5. The summed E-state index contributed by atoms with van der Waals surface area (Å²) in [7, 11) is 0. The monoisotopic (exact) mass is 351 g/mol. The minimum Gasteiger partial charge on any atom is -0.486 e. The molecule has 1 aromatic heterocycles. The van der Waals surface area contributed by atoms with Crippen LogP contribution in [0, 0.1) is 20.8 Å². The molecule has 4 heteroatoms. The highest BCUT2D eigenvalue weighted by atomic mass is 79.9. The first-order valence-corrected chi connectivity index (χ1v) is 7.99. The van der Waals surface area contributed by atoms with Crippen LogP contribution in [0.15, 0.2) is 27.1 Å². The van der Waals surface area contributed by atoms with E-state index in [1.807, 2.05) is 19.1 Å². The first kappa shape index (κ1) is 16.1. The lowest BCUT2D eigenvalue weighted by atomic mass is 10.1. The summed E-state index contributed by atoms with van der Waals surface area (Å²) >= 11 is 3.57. The van der Waals surface area contributed by atoms with Gasteiger partial charge in [0.1, 0.15) is 23.9 Å². The van der Waals surface area contributed by atoms with E-state index in [1.165, 1.54) is 16.7 Å². The Bertz CT molecular complexity index is 596. The van der Waals surface area contributed by atoms with Crippen LogP contribution in [-0.4, -0.2) is 6.54 Å². The van der Waals surface area contributed by atoms with Gasteiger partial charge in [-0.1, -0.05) is 22.9 Å². The number of aryl methyl sites for hydroxylation is 3. The Morgan fingerprint density at radius 1 is 1.14 bits per heavy atom. The number of rotatable bonds is 6. The van der Waals surface area contributed by atoms with Crippen LogP contribution in [0.3, 0.4) is 0 Å². The maximum Gasteiger partial charge on any atom is 0.146 e. The number of halogens is 1. The van der Waals surface area contributed by atoms with Gasteiger partial charge in [0, 0.05) is 16.6 Å². The van der Waals surface area contributed by atoms with Crippen molar-refractivity contribution in [1.29, 1.82) is 0 Å². The number of furan rings is 1. The molecule has 0 unspecified atom stereocenters. The van der Waals surface area contributed by atoms with E-state index in [9.17, 15) is 0 Å². The number of nitrogens with one attached hydrogen (secondary N) is 1. The highest BCUT2D eigenvalue weighted by molar-refractivity contribution is 9.10. The molecule has 3 nitrogen and oxygen atoms in total. The van der Waals surface area contributed by atoms with E-state index in [2.05, 4.69) is 48.1 Å². The van der Waals surface area contributed by atoms with E-state index in [1.54, 1.807) is 0 Å². The fourth-order valence-corrected chi connectivity index (χ4v) is 2.47. The van der Waals surface area contributed by atoms with Crippen molar-refractivity contribution < 1.29 is 9.15 Å². The molecule has 0 atom stereocenters. The van der Waals surface area contributed by atoms with Gasteiger partial charge in [-0.05, 0) is 56.6 Å². The molecule has 114 valence electrons. The van der Waals surface area contributed by atoms with Crippen LogP contribution in [0.2, 0.25) is 0 Å². The Labute approximate surface area is 134 Å². The third-order valence-corrected chi connectivity index (χ3v) is 4.68. The van der Waals surface area contributed by atoms with Crippen LogP contribution >= 0.6 is 15.9 Å². The molecular weight excluding hydrogens is 330 g/mol. The molecule has 1 aromatic carbocycles. The van der Waals surface area contributed by atoms with E-state index in [4.69, 9.17) is 9.15 Å². The zero-order chi connectivity index (χ0) is 15.4. The van der Waals surface area contributed by atoms with Gasteiger partial charge in [-0.3, -0.25) is 0 Å². The zero-order valence-electron chi connectivity index (χ0n) is 13.0. The molecule has 0 saturated carbocycles. The second kappa shape index (κ2) is 7.14. The van der Waals surface area contributed by atoms with Crippen LogP contribution < -0.4 is 10.1 Å². The predicted molar refractivity (Wildman–Crippen MR) is 88.8 cm³/mol. The van der Waals surface area contributed by atoms with Crippen molar-refractivity contribution in [3.8, 4) is 5.75 Å². The molecule has 0 bridgehead atoms. The Kier molecular flexibility index (Phi) is 5.48. The second-order valence-corrected chi connectivity index (χ2v) is 6.03. The lowest BCUT2D eigenvalue weighted by Gasteiger charge is -2.09. The van der Waals surface area contributed by atoms with Gasteiger partial charge in [0.15, 0.2) is 0 Å². The van der Waals surface area contributed by atoms with Gasteiger partial charge >= 0.3 is 0 Å². The molecule has 0 aliphatic carbocycles. The van der Waals surface area contributed by atoms with Crippen LogP contribution in [0.5, 0.6) is 5.75 Å². The van der Waals surface area contributed by atoms with Gasteiger partial charge in [-0.25, -0.2) is 0 Å². The number of hydrogen-bond donors (Lipinski definition) is 1. The van der Waals surface area contributed by atoms with E-state index in [0.717, 1.165) is 34.8 Å². The molecule has 0 aliphatic rings. The third-order valence-electron chi connectivity index (χ3n) is 3.43. The summed E-state index contributed by atoms with van der Waals surface area (Å²) in [5, 5.41) is 3.31. The molecule has 2 rings (SSSR count). The van der Waals surface area contributed by atoms with E-state index >= 15 is 0 Å². The second-order valence-electron chi connectivity index (χ2n) is 5.23. The Balaban J connectivity index is 2.03. The van der Waals surface area contributed by atoms with Gasteiger partial charge in [0.05, 0.1) is 0 Å². The average molecular weight is 352 g/mol. The molecule has 0 fully saturated rings. The van der Waals surface area contributed by atoms with E-state index < -0.39 is 0 Å². The standard InChI is InChI=1S/C17H22BrNO2/c1-5-19-9-14-8-16(21-13(14)4)10-20-15-6-11(2)17(18)12(3)7-15/h6-8,19H,5,9-10H2,1-4H3. The molecule has 0 aliphatic heterocycles. The number of benzene rings is 1. The summed E-state index contributed by atoms with van der Waals surface area (Å²) in [6, 6.07) is 6.13. The van der Waals surface area contributed by atoms with Gasteiger partial charge in [0.2, 0.25) is 0 Å². The summed E-state index contributed by atoms with van der Waals surface area (Å²) < 4.78 is 12.7. The highest BCUT2D eigenvalue weighted by Crippen LogP contribution is 2.27. The molecule has 1 heterocycles. The largest absolute Gasteiger partial charge is 0.486 e. The minimum atomic E-state index is 0.452. The van der Waals surface area contributed by atoms with Gasteiger partial charge in [-0.2, -0.15) is 0 Å². The average Bonchev–Trinajstić information content (AvgIpc) is 2.80. The molecular formula is C17H22BrNO2.